The number of hydrogen-bond acceptors (Lipinski definition) is 6. The summed E-state index contributed by atoms with van der Waals surface area (Å²) in [6.45, 7) is 5.06. The van der Waals surface area contributed by atoms with Gasteiger partial charge >= 0.3 is 12.1 Å². The van der Waals surface area contributed by atoms with Gasteiger partial charge in [-0.1, -0.05) is 18.2 Å². The molecule has 126 valence electrons. The van der Waals surface area contributed by atoms with Gasteiger partial charge in [0.2, 0.25) is 0 Å². The van der Waals surface area contributed by atoms with Crippen LogP contribution in [0.3, 0.4) is 0 Å². The number of methoxy groups -OCH3 is 1. The number of nitro groups is 1. The van der Waals surface area contributed by atoms with E-state index in [1.165, 1.54) is 25.3 Å². The molecule has 1 unspecified atom stereocenters. The van der Waals surface area contributed by atoms with E-state index in [9.17, 15) is 19.7 Å². The first-order valence-corrected chi connectivity index (χ1v) is 6.93. The molecule has 23 heavy (non-hydrogen) atoms. The third-order valence-electron chi connectivity index (χ3n) is 2.80. The van der Waals surface area contributed by atoms with Gasteiger partial charge in [0.1, 0.15) is 5.60 Å². The number of amides is 1. The van der Waals surface area contributed by atoms with Crippen LogP contribution in [0.25, 0.3) is 0 Å². The van der Waals surface area contributed by atoms with Crippen molar-refractivity contribution in [1.82, 2.24) is 5.32 Å². The lowest BCUT2D eigenvalue weighted by molar-refractivity contribution is -0.385. The van der Waals surface area contributed by atoms with Crippen molar-refractivity contribution in [3.8, 4) is 0 Å². The van der Waals surface area contributed by atoms with Crippen LogP contribution >= 0.6 is 0 Å². The normalized spacial score (nSPS) is 12.2. The quantitative estimate of drug-likeness (QED) is 0.507. The lowest BCUT2D eigenvalue weighted by Gasteiger charge is -2.23. The van der Waals surface area contributed by atoms with Crippen LogP contribution in [-0.2, 0) is 14.3 Å². The summed E-state index contributed by atoms with van der Waals surface area (Å²) in [5.41, 5.74) is -0.728. The molecule has 0 radical (unpaired) electrons. The molecule has 0 saturated heterocycles. The van der Waals surface area contributed by atoms with Crippen LogP contribution in [0, 0.1) is 10.1 Å². The Morgan fingerprint density at radius 3 is 2.43 bits per heavy atom. The Bertz CT molecular complexity index is 594. The van der Waals surface area contributed by atoms with Crippen molar-refractivity contribution >= 4 is 17.7 Å². The highest BCUT2D eigenvalue weighted by atomic mass is 16.6. The first-order valence-electron chi connectivity index (χ1n) is 6.93. The van der Waals surface area contributed by atoms with Crippen LogP contribution in [-0.4, -0.2) is 29.7 Å². The Kier molecular flexibility index (Phi) is 6.06. The monoisotopic (exact) mass is 324 g/mol. The van der Waals surface area contributed by atoms with Gasteiger partial charge in [-0.3, -0.25) is 14.9 Å². The first kappa shape index (κ1) is 18.4. The number of nitro benzene ring substituents is 1. The van der Waals surface area contributed by atoms with E-state index >= 15 is 0 Å². The highest BCUT2D eigenvalue weighted by Crippen LogP contribution is 2.27. The number of benzene rings is 1. The van der Waals surface area contributed by atoms with Gasteiger partial charge in [0.15, 0.2) is 0 Å². The molecule has 8 heteroatoms. The molecule has 1 amide bonds. The lowest BCUT2D eigenvalue weighted by Crippen LogP contribution is -2.36. The summed E-state index contributed by atoms with van der Waals surface area (Å²) >= 11 is 0. The van der Waals surface area contributed by atoms with E-state index in [-0.39, 0.29) is 17.7 Å². The maximum absolute atomic E-state index is 11.9. The Morgan fingerprint density at radius 2 is 1.91 bits per heavy atom. The van der Waals surface area contributed by atoms with Crippen molar-refractivity contribution in [2.75, 3.05) is 7.11 Å². The molecule has 0 bridgehead atoms. The summed E-state index contributed by atoms with van der Waals surface area (Å²) in [5.74, 6) is -0.607. The fourth-order valence-electron chi connectivity index (χ4n) is 1.89. The second-order valence-corrected chi connectivity index (χ2v) is 5.79. The molecule has 1 N–H and O–H groups in total. The molecule has 0 saturated carbocycles. The molecule has 1 aromatic rings. The van der Waals surface area contributed by atoms with Crippen molar-refractivity contribution in [2.45, 2.75) is 38.8 Å². The van der Waals surface area contributed by atoms with E-state index in [2.05, 4.69) is 10.1 Å². The molecule has 1 atom stereocenters. The maximum Gasteiger partial charge on any atom is 0.408 e. The van der Waals surface area contributed by atoms with Gasteiger partial charge in [-0.15, -0.1) is 0 Å². The molecule has 8 nitrogen and oxygen atoms in total. The van der Waals surface area contributed by atoms with Crippen molar-refractivity contribution in [3.63, 3.8) is 0 Å². The minimum atomic E-state index is -0.932. The summed E-state index contributed by atoms with van der Waals surface area (Å²) in [5, 5.41) is 13.6. The number of rotatable bonds is 5. The Balaban J connectivity index is 3.09. The molecular formula is C15H20N2O6. The van der Waals surface area contributed by atoms with Gasteiger partial charge in [0, 0.05) is 6.07 Å². The van der Waals surface area contributed by atoms with E-state index in [4.69, 9.17) is 4.74 Å². The maximum atomic E-state index is 11.9. The third kappa shape index (κ3) is 5.93. The van der Waals surface area contributed by atoms with Crippen molar-refractivity contribution in [2.24, 2.45) is 0 Å². The fraction of sp³-hybridized carbons (Fsp3) is 0.467. The molecule has 1 rings (SSSR count). The molecule has 0 fully saturated rings. The Hall–Kier alpha value is -2.64. The van der Waals surface area contributed by atoms with Gasteiger partial charge in [0.25, 0.3) is 5.69 Å². The van der Waals surface area contributed by atoms with Gasteiger partial charge < -0.3 is 14.8 Å². The summed E-state index contributed by atoms with van der Waals surface area (Å²) in [6, 6.07) is 4.94. The van der Waals surface area contributed by atoms with Gasteiger partial charge in [-0.2, -0.15) is 0 Å². The second kappa shape index (κ2) is 7.57. The number of alkyl carbamates (subject to hydrolysis) is 1. The molecule has 0 spiro atoms. The highest BCUT2D eigenvalue weighted by molar-refractivity contribution is 5.74. The number of nitrogens with one attached hydrogen (secondary N) is 1. The zero-order chi connectivity index (χ0) is 17.6. The number of carbonyl (C=O) groups excluding carboxylic acids is 2. The van der Waals surface area contributed by atoms with Gasteiger partial charge in [-0.05, 0) is 20.8 Å². The predicted molar refractivity (Wildman–Crippen MR) is 81.8 cm³/mol. The highest BCUT2D eigenvalue weighted by Gasteiger charge is 2.27. The number of para-hydroxylation sites is 1. The van der Waals surface area contributed by atoms with Crippen LogP contribution in [0.1, 0.15) is 38.8 Å². The molecule has 0 aliphatic carbocycles. The van der Waals surface area contributed by atoms with Crippen LogP contribution in [0.15, 0.2) is 24.3 Å². The van der Waals surface area contributed by atoms with Crippen LogP contribution in [0.2, 0.25) is 0 Å². The molecule has 0 aliphatic rings. The predicted octanol–water partition coefficient (Wildman–Crippen LogP) is 2.72. The lowest BCUT2D eigenvalue weighted by atomic mass is 10.0. The average Bonchev–Trinajstić information content (AvgIpc) is 2.44. The van der Waals surface area contributed by atoms with Crippen molar-refractivity contribution < 1.29 is 24.0 Å². The second-order valence-electron chi connectivity index (χ2n) is 5.79. The number of nitrogens with zero attached hydrogens (tertiary/aromatic N) is 1. The average molecular weight is 324 g/mol. The number of hydrogen-bond donors (Lipinski definition) is 1. The van der Waals surface area contributed by atoms with E-state index < -0.39 is 28.6 Å². The zero-order valence-corrected chi connectivity index (χ0v) is 13.5. The van der Waals surface area contributed by atoms with Crippen molar-refractivity contribution in [1.29, 1.82) is 0 Å². The summed E-state index contributed by atoms with van der Waals surface area (Å²) in [4.78, 5) is 34.1. The standard InChI is InChI=1S/C15H20N2O6/c1-15(2,3)23-14(19)16-11(9-13(18)22-4)10-7-5-6-8-12(10)17(20)21/h5-8,11H,9H2,1-4H3,(H,16,19). The van der Waals surface area contributed by atoms with Crippen LogP contribution in [0.5, 0.6) is 0 Å². The molecule has 0 heterocycles. The molecule has 0 aromatic heterocycles. The molecule has 0 aliphatic heterocycles. The van der Waals surface area contributed by atoms with E-state index in [1.807, 2.05) is 0 Å². The third-order valence-corrected chi connectivity index (χ3v) is 2.80. The minimum absolute atomic E-state index is 0.197. The Morgan fingerprint density at radius 1 is 1.30 bits per heavy atom. The first-order chi connectivity index (χ1) is 10.6. The van der Waals surface area contributed by atoms with E-state index in [1.54, 1.807) is 26.8 Å². The Labute approximate surface area is 133 Å². The number of carbonyl (C=O) groups is 2. The van der Waals surface area contributed by atoms with Crippen LogP contribution < -0.4 is 5.32 Å². The van der Waals surface area contributed by atoms with E-state index in [0.717, 1.165) is 0 Å². The van der Waals surface area contributed by atoms with Crippen molar-refractivity contribution in [3.05, 3.63) is 39.9 Å². The largest absolute Gasteiger partial charge is 0.469 e. The summed E-state index contributed by atoms with van der Waals surface area (Å²) < 4.78 is 9.72. The fourth-order valence-corrected chi connectivity index (χ4v) is 1.89. The number of esters is 1. The van der Waals surface area contributed by atoms with Crippen LogP contribution in [0.4, 0.5) is 10.5 Å². The zero-order valence-electron chi connectivity index (χ0n) is 13.5. The summed E-state index contributed by atoms with van der Waals surface area (Å²) in [6.07, 6.45) is -1.02. The SMILES string of the molecule is COC(=O)CC(NC(=O)OC(C)(C)C)c1ccccc1[N+](=O)[O-]. The topological polar surface area (TPSA) is 108 Å². The van der Waals surface area contributed by atoms with Gasteiger partial charge in [0.05, 0.1) is 30.1 Å². The minimum Gasteiger partial charge on any atom is -0.469 e. The molecule has 1 aromatic carbocycles. The van der Waals surface area contributed by atoms with E-state index in [0.29, 0.717) is 0 Å². The molecular weight excluding hydrogens is 304 g/mol. The van der Waals surface area contributed by atoms with Gasteiger partial charge in [-0.25, -0.2) is 4.79 Å². The smallest absolute Gasteiger partial charge is 0.408 e. The summed E-state index contributed by atoms with van der Waals surface area (Å²) in [7, 11) is 1.20. The number of ether oxygens (including phenoxy) is 2.